The number of nitrogens with one attached hydrogen (secondary N) is 2. The van der Waals surface area contributed by atoms with Gasteiger partial charge >= 0.3 is 18.0 Å². The van der Waals surface area contributed by atoms with E-state index in [1.165, 1.54) is 6.07 Å². The maximum atomic E-state index is 11.6. The van der Waals surface area contributed by atoms with Crippen LogP contribution < -0.4 is 10.6 Å². The Balaban J connectivity index is 2.70. The fraction of sp³-hybridized carbons (Fsp3) is 0.182. The number of carbonyl (C=O) groups excluding carboxylic acids is 1. The standard InChI is InChI=1S/C11H10BrClN2O5/c12-5-1-2-7(6(13)3-5)14-11(20)15-8(10(18)19)4-9(16)17/h1-3,8H,4H2,(H,16,17)(H,18,19)(H2,14,15,20)/t8-/m0/s1. The summed E-state index contributed by atoms with van der Waals surface area (Å²) in [4.78, 5) is 32.9. The topological polar surface area (TPSA) is 116 Å². The minimum absolute atomic E-state index is 0.250. The predicted octanol–water partition coefficient (Wildman–Crippen LogP) is 2.15. The van der Waals surface area contributed by atoms with E-state index in [1.807, 2.05) is 5.32 Å². The Morgan fingerprint density at radius 3 is 2.45 bits per heavy atom. The maximum absolute atomic E-state index is 11.6. The highest BCUT2D eigenvalue weighted by Gasteiger charge is 2.23. The molecule has 0 aromatic heterocycles. The molecule has 0 unspecified atom stereocenters. The van der Waals surface area contributed by atoms with Gasteiger partial charge in [-0.05, 0) is 18.2 Å². The zero-order chi connectivity index (χ0) is 15.3. The van der Waals surface area contributed by atoms with Crippen molar-refractivity contribution in [3.63, 3.8) is 0 Å². The highest BCUT2D eigenvalue weighted by molar-refractivity contribution is 9.10. The van der Waals surface area contributed by atoms with E-state index in [2.05, 4.69) is 21.2 Å². The molecule has 20 heavy (non-hydrogen) atoms. The van der Waals surface area contributed by atoms with Crippen LogP contribution in [0.15, 0.2) is 22.7 Å². The van der Waals surface area contributed by atoms with Gasteiger partial charge in [-0.15, -0.1) is 0 Å². The third-order valence-corrected chi connectivity index (χ3v) is 2.97. The molecule has 0 heterocycles. The third kappa shape index (κ3) is 5.06. The Kier molecular flexibility index (Phi) is 5.78. The minimum atomic E-state index is -1.53. The summed E-state index contributed by atoms with van der Waals surface area (Å²) in [6.07, 6.45) is -0.725. The number of amides is 2. The molecule has 0 saturated heterocycles. The van der Waals surface area contributed by atoms with Crippen molar-refractivity contribution in [1.82, 2.24) is 5.32 Å². The van der Waals surface area contributed by atoms with Crippen LogP contribution in [0.1, 0.15) is 6.42 Å². The number of benzene rings is 1. The molecule has 1 aromatic rings. The van der Waals surface area contributed by atoms with E-state index >= 15 is 0 Å². The Bertz CT molecular complexity index is 552. The molecule has 0 bridgehead atoms. The lowest BCUT2D eigenvalue weighted by molar-refractivity contribution is -0.145. The Morgan fingerprint density at radius 1 is 1.30 bits per heavy atom. The van der Waals surface area contributed by atoms with Crippen LogP contribution in [0.4, 0.5) is 10.5 Å². The summed E-state index contributed by atoms with van der Waals surface area (Å²) < 4.78 is 0.711. The van der Waals surface area contributed by atoms with Crippen molar-refractivity contribution in [3.8, 4) is 0 Å². The molecule has 0 radical (unpaired) electrons. The number of carboxylic acid groups (broad SMARTS) is 2. The number of carbonyl (C=O) groups is 3. The zero-order valence-electron chi connectivity index (χ0n) is 9.89. The molecule has 2 amide bonds. The molecule has 0 fully saturated rings. The highest BCUT2D eigenvalue weighted by Crippen LogP contribution is 2.25. The fourth-order valence-corrected chi connectivity index (χ4v) is 2.00. The van der Waals surface area contributed by atoms with Gasteiger partial charge in [0.25, 0.3) is 0 Å². The molecule has 0 spiro atoms. The van der Waals surface area contributed by atoms with Crippen LogP contribution in [0.3, 0.4) is 0 Å². The smallest absolute Gasteiger partial charge is 0.326 e. The minimum Gasteiger partial charge on any atom is -0.481 e. The molecule has 0 aliphatic heterocycles. The summed E-state index contributed by atoms with van der Waals surface area (Å²) in [5, 5.41) is 22.0. The van der Waals surface area contributed by atoms with Gasteiger partial charge in [-0.25, -0.2) is 9.59 Å². The lowest BCUT2D eigenvalue weighted by Crippen LogP contribution is -2.44. The van der Waals surface area contributed by atoms with Gasteiger partial charge in [-0.2, -0.15) is 0 Å². The molecule has 4 N–H and O–H groups in total. The molecule has 108 valence electrons. The Morgan fingerprint density at radius 2 is 1.95 bits per heavy atom. The van der Waals surface area contributed by atoms with Gasteiger partial charge in [-0.1, -0.05) is 27.5 Å². The second-order valence-electron chi connectivity index (χ2n) is 3.71. The van der Waals surface area contributed by atoms with E-state index in [0.717, 1.165) is 0 Å². The molecule has 7 nitrogen and oxygen atoms in total. The van der Waals surface area contributed by atoms with Crippen LogP contribution in [0, 0.1) is 0 Å². The van der Waals surface area contributed by atoms with Crippen molar-refractivity contribution in [3.05, 3.63) is 27.7 Å². The van der Waals surface area contributed by atoms with E-state index in [0.29, 0.717) is 4.47 Å². The molecule has 1 atom stereocenters. The van der Waals surface area contributed by atoms with Gasteiger partial charge in [0.15, 0.2) is 0 Å². The second-order valence-corrected chi connectivity index (χ2v) is 5.03. The fourth-order valence-electron chi connectivity index (χ4n) is 1.28. The predicted molar refractivity (Wildman–Crippen MR) is 75.0 cm³/mol. The number of urea groups is 1. The van der Waals surface area contributed by atoms with Gasteiger partial charge in [0.1, 0.15) is 6.04 Å². The van der Waals surface area contributed by atoms with Crippen LogP contribution in [0.5, 0.6) is 0 Å². The number of rotatable bonds is 5. The number of hydrogen-bond acceptors (Lipinski definition) is 3. The van der Waals surface area contributed by atoms with Crippen LogP contribution >= 0.6 is 27.5 Å². The molecule has 1 rings (SSSR count). The van der Waals surface area contributed by atoms with Crippen molar-refractivity contribution in [2.24, 2.45) is 0 Å². The molecule has 9 heteroatoms. The van der Waals surface area contributed by atoms with Crippen LogP contribution in [0.25, 0.3) is 0 Å². The van der Waals surface area contributed by atoms with Gasteiger partial charge in [0.05, 0.1) is 17.1 Å². The van der Waals surface area contributed by atoms with Gasteiger partial charge in [0, 0.05) is 4.47 Å². The first-order valence-corrected chi connectivity index (χ1v) is 6.44. The summed E-state index contributed by atoms with van der Waals surface area (Å²) in [6, 6.07) is 2.31. The zero-order valence-corrected chi connectivity index (χ0v) is 12.2. The molecular weight excluding hydrogens is 355 g/mol. The van der Waals surface area contributed by atoms with Crippen molar-refractivity contribution in [1.29, 1.82) is 0 Å². The van der Waals surface area contributed by atoms with Crippen molar-refractivity contribution >= 4 is 51.2 Å². The molecule has 0 aliphatic rings. The van der Waals surface area contributed by atoms with E-state index in [4.69, 9.17) is 21.8 Å². The first-order chi connectivity index (χ1) is 9.29. The highest BCUT2D eigenvalue weighted by atomic mass is 79.9. The maximum Gasteiger partial charge on any atom is 0.326 e. The largest absolute Gasteiger partial charge is 0.481 e. The second kappa shape index (κ2) is 7.11. The number of hydrogen-bond donors (Lipinski definition) is 4. The average molecular weight is 366 g/mol. The Hall–Kier alpha value is -1.80. The van der Waals surface area contributed by atoms with E-state index < -0.39 is 30.4 Å². The molecular formula is C11H10BrClN2O5. The summed E-state index contributed by atoms with van der Waals surface area (Å²) in [6.45, 7) is 0. The molecule has 0 saturated carbocycles. The van der Waals surface area contributed by atoms with Crippen LogP contribution in [0.2, 0.25) is 5.02 Å². The number of carboxylic acids is 2. The van der Waals surface area contributed by atoms with Gasteiger partial charge in [-0.3, -0.25) is 4.79 Å². The lowest BCUT2D eigenvalue weighted by Gasteiger charge is -2.14. The normalized spacial score (nSPS) is 11.5. The summed E-state index contributed by atoms with van der Waals surface area (Å²) in [5.41, 5.74) is 0.270. The van der Waals surface area contributed by atoms with Crippen LogP contribution in [-0.4, -0.2) is 34.2 Å². The van der Waals surface area contributed by atoms with Crippen molar-refractivity contribution in [2.45, 2.75) is 12.5 Å². The molecule has 0 aliphatic carbocycles. The average Bonchev–Trinajstić information content (AvgIpc) is 2.31. The SMILES string of the molecule is O=C(O)C[C@H](NC(=O)Nc1ccc(Br)cc1Cl)C(=O)O. The van der Waals surface area contributed by atoms with Crippen molar-refractivity contribution < 1.29 is 24.6 Å². The lowest BCUT2D eigenvalue weighted by atomic mass is 10.2. The number of halogens is 2. The van der Waals surface area contributed by atoms with E-state index in [9.17, 15) is 14.4 Å². The quantitative estimate of drug-likeness (QED) is 0.638. The van der Waals surface area contributed by atoms with E-state index in [1.54, 1.807) is 12.1 Å². The number of aliphatic carboxylic acids is 2. The monoisotopic (exact) mass is 364 g/mol. The summed E-state index contributed by atoms with van der Waals surface area (Å²) in [7, 11) is 0. The first-order valence-electron chi connectivity index (χ1n) is 5.26. The van der Waals surface area contributed by atoms with E-state index in [-0.39, 0.29) is 10.7 Å². The van der Waals surface area contributed by atoms with Crippen molar-refractivity contribution in [2.75, 3.05) is 5.32 Å². The van der Waals surface area contributed by atoms with Gasteiger partial charge in [0.2, 0.25) is 0 Å². The number of anilines is 1. The summed E-state index contributed by atoms with van der Waals surface area (Å²) >= 11 is 9.07. The molecule has 1 aromatic carbocycles. The van der Waals surface area contributed by atoms with Crippen LogP contribution in [-0.2, 0) is 9.59 Å². The summed E-state index contributed by atoms with van der Waals surface area (Å²) in [5.74, 6) is -2.77. The first kappa shape index (κ1) is 16.3. The third-order valence-electron chi connectivity index (χ3n) is 2.16. The van der Waals surface area contributed by atoms with Gasteiger partial charge < -0.3 is 20.8 Å². The Labute approximate surface area is 127 Å².